The first-order chi connectivity index (χ1) is 6.45. The van der Waals surface area contributed by atoms with Crippen LogP contribution >= 0.6 is 0 Å². The van der Waals surface area contributed by atoms with Crippen LogP contribution in [0.3, 0.4) is 0 Å². The third kappa shape index (κ3) is 0.998. The molecule has 0 saturated heterocycles. The molecule has 3 rings (SSSR count). The lowest BCUT2D eigenvalue weighted by molar-refractivity contribution is 0.158. The van der Waals surface area contributed by atoms with Gasteiger partial charge in [0.2, 0.25) is 0 Å². The topological polar surface area (TPSA) is 9.23 Å². The second-order valence-electron chi connectivity index (χ2n) is 3.70. The van der Waals surface area contributed by atoms with Gasteiger partial charge in [0.1, 0.15) is 11.9 Å². The highest BCUT2D eigenvalue weighted by atomic mass is 16.5. The Labute approximate surface area is 78.1 Å². The molecule has 0 bridgehead atoms. The molecule has 66 valence electrons. The van der Waals surface area contributed by atoms with Gasteiger partial charge in [0.25, 0.3) is 0 Å². The van der Waals surface area contributed by atoms with Gasteiger partial charge in [-0.05, 0) is 12.5 Å². The molecule has 0 amide bonds. The molecule has 0 aromatic carbocycles. The first kappa shape index (κ1) is 7.19. The monoisotopic (exact) mass is 172 g/mol. The largest absolute Gasteiger partial charge is 0.489 e. The van der Waals surface area contributed by atoms with Crippen LogP contribution in [-0.2, 0) is 4.74 Å². The van der Waals surface area contributed by atoms with Crippen LogP contribution < -0.4 is 0 Å². The zero-order chi connectivity index (χ0) is 8.67. The van der Waals surface area contributed by atoms with Crippen molar-refractivity contribution in [2.75, 3.05) is 0 Å². The van der Waals surface area contributed by atoms with Crippen LogP contribution in [0.2, 0.25) is 0 Å². The van der Waals surface area contributed by atoms with Gasteiger partial charge in [-0.3, -0.25) is 0 Å². The molecule has 0 aromatic heterocycles. The second-order valence-corrected chi connectivity index (χ2v) is 3.70. The first-order valence-corrected chi connectivity index (χ1v) is 4.86. The zero-order valence-corrected chi connectivity index (χ0v) is 7.44. The summed E-state index contributed by atoms with van der Waals surface area (Å²) >= 11 is 0. The number of allylic oxidation sites excluding steroid dienone is 5. The van der Waals surface area contributed by atoms with E-state index in [1.54, 1.807) is 0 Å². The second kappa shape index (κ2) is 2.63. The predicted octanol–water partition coefficient (Wildman–Crippen LogP) is 2.73. The Balaban J connectivity index is 2.00. The van der Waals surface area contributed by atoms with Gasteiger partial charge in [-0.2, -0.15) is 0 Å². The molecule has 2 unspecified atom stereocenters. The average Bonchev–Trinajstić information content (AvgIpc) is 2.56. The standard InChI is InChI=1S/C12H12O/c1-3-7-11-9(5-1)10-6-2-4-8-12(10)13-11/h1-3,5-7,9,11H,4,8H2. The van der Waals surface area contributed by atoms with Crippen LogP contribution in [0.4, 0.5) is 0 Å². The average molecular weight is 172 g/mol. The van der Waals surface area contributed by atoms with Crippen LogP contribution in [0, 0.1) is 5.92 Å². The fourth-order valence-corrected chi connectivity index (χ4v) is 2.23. The summed E-state index contributed by atoms with van der Waals surface area (Å²) in [6, 6.07) is 0. The highest BCUT2D eigenvalue weighted by Crippen LogP contribution is 2.39. The van der Waals surface area contributed by atoms with Crippen molar-refractivity contribution in [3.63, 3.8) is 0 Å². The van der Waals surface area contributed by atoms with Crippen molar-refractivity contribution in [1.29, 1.82) is 0 Å². The van der Waals surface area contributed by atoms with Crippen molar-refractivity contribution in [2.24, 2.45) is 5.92 Å². The molecule has 0 N–H and O–H groups in total. The van der Waals surface area contributed by atoms with Crippen molar-refractivity contribution in [1.82, 2.24) is 0 Å². The van der Waals surface area contributed by atoms with E-state index in [1.807, 2.05) is 0 Å². The Hall–Kier alpha value is -1.24. The molecule has 1 heterocycles. The summed E-state index contributed by atoms with van der Waals surface area (Å²) in [5.41, 5.74) is 1.40. The van der Waals surface area contributed by atoms with Gasteiger partial charge in [0.05, 0.1) is 0 Å². The van der Waals surface area contributed by atoms with Crippen LogP contribution in [0.1, 0.15) is 12.8 Å². The van der Waals surface area contributed by atoms with Crippen LogP contribution in [0.25, 0.3) is 0 Å². The fourth-order valence-electron chi connectivity index (χ4n) is 2.23. The lowest BCUT2D eigenvalue weighted by atomic mass is 9.89. The summed E-state index contributed by atoms with van der Waals surface area (Å²) in [6.07, 6.45) is 15.5. The highest BCUT2D eigenvalue weighted by Gasteiger charge is 2.33. The lowest BCUT2D eigenvalue weighted by Gasteiger charge is -2.15. The number of hydrogen-bond acceptors (Lipinski definition) is 1. The van der Waals surface area contributed by atoms with Crippen LogP contribution in [0.5, 0.6) is 0 Å². The van der Waals surface area contributed by atoms with Crippen molar-refractivity contribution >= 4 is 0 Å². The van der Waals surface area contributed by atoms with E-state index in [4.69, 9.17) is 4.74 Å². The first-order valence-electron chi connectivity index (χ1n) is 4.86. The third-order valence-electron chi connectivity index (χ3n) is 2.88. The van der Waals surface area contributed by atoms with Gasteiger partial charge < -0.3 is 4.74 Å². The van der Waals surface area contributed by atoms with Crippen molar-refractivity contribution in [2.45, 2.75) is 18.9 Å². The number of fused-ring (bicyclic) bond motifs is 2. The van der Waals surface area contributed by atoms with Gasteiger partial charge in [-0.15, -0.1) is 0 Å². The maximum absolute atomic E-state index is 5.86. The van der Waals surface area contributed by atoms with Crippen molar-refractivity contribution < 1.29 is 4.74 Å². The summed E-state index contributed by atoms with van der Waals surface area (Å²) in [7, 11) is 0. The van der Waals surface area contributed by atoms with Crippen LogP contribution in [0.15, 0.2) is 47.8 Å². The van der Waals surface area contributed by atoms with Crippen molar-refractivity contribution in [3.05, 3.63) is 47.8 Å². The minimum absolute atomic E-state index is 0.276. The molecular weight excluding hydrogens is 160 g/mol. The number of ether oxygens (including phenoxy) is 1. The normalized spacial score (nSPS) is 34.5. The molecular formula is C12H12O. The summed E-state index contributed by atoms with van der Waals surface area (Å²) in [6.45, 7) is 0. The number of rotatable bonds is 0. The predicted molar refractivity (Wildman–Crippen MR) is 52.0 cm³/mol. The third-order valence-corrected chi connectivity index (χ3v) is 2.88. The SMILES string of the molecule is C1=CC2OC3=C(C=CCC3)C2C=C1. The Morgan fingerprint density at radius 3 is 3.15 bits per heavy atom. The van der Waals surface area contributed by atoms with Crippen molar-refractivity contribution in [3.8, 4) is 0 Å². The maximum atomic E-state index is 5.86. The van der Waals surface area contributed by atoms with Gasteiger partial charge in [0.15, 0.2) is 0 Å². The Kier molecular flexibility index (Phi) is 1.45. The minimum Gasteiger partial charge on any atom is -0.489 e. The van der Waals surface area contributed by atoms with E-state index in [0.717, 1.165) is 12.8 Å². The molecule has 0 radical (unpaired) electrons. The van der Waals surface area contributed by atoms with E-state index < -0.39 is 0 Å². The van der Waals surface area contributed by atoms with Gasteiger partial charge in [-0.25, -0.2) is 0 Å². The van der Waals surface area contributed by atoms with E-state index in [-0.39, 0.29) is 6.10 Å². The molecule has 1 aliphatic heterocycles. The Bertz CT molecular complexity index is 344. The molecule has 2 aliphatic carbocycles. The van der Waals surface area contributed by atoms with Crippen LogP contribution in [-0.4, -0.2) is 6.10 Å². The molecule has 1 nitrogen and oxygen atoms in total. The van der Waals surface area contributed by atoms with E-state index in [0.29, 0.717) is 5.92 Å². The molecule has 13 heavy (non-hydrogen) atoms. The quantitative estimate of drug-likeness (QED) is 0.546. The fraction of sp³-hybridized carbons (Fsp3) is 0.333. The molecule has 0 spiro atoms. The van der Waals surface area contributed by atoms with E-state index >= 15 is 0 Å². The smallest absolute Gasteiger partial charge is 0.127 e. The van der Waals surface area contributed by atoms with Gasteiger partial charge in [-0.1, -0.05) is 30.4 Å². The van der Waals surface area contributed by atoms with Gasteiger partial charge >= 0.3 is 0 Å². The van der Waals surface area contributed by atoms with E-state index in [2.05, 4.69) is 36.5 Å². The van der Waals surface area contributed by atoms with E-state index in [1.165, 1.54) is 11.3 Å². The molecule has 1 heteroatoms. The summed E-state index contributed by atoms with van der Waals surface area (Å²) < 4.78 is 5.86. The van der Waals surface area contributed by atoms with Gasteiger partial charge in [0, 0.05) is 17.9 Å². The highest BCUT2D eigenvalue weighted by molar-refractivity contribution is 5.39. The summed E-state index contributed by atoms with van der Waals surface area (Å²) in [5, 5.41) is 0. The zero-order valence-electron chi connectivity index (χ0n) is 7.44. The molecule has 0 saturated carbocycles. The molecule has 2 atom stereocenters. The summed E-state index contributed by atoms with van der Waals surface area (Å²) in [5.74, 6) is 1.70. The minimum atomic E-state index is 0.276. The molecule has 3 aliphatic rings. The lowest BCUT2D eigenvalue weighted by Crippen LogP contribution is -2.15. The Morgan fingerprint density at radius 1 is 1.23 bits per heavy atom. The van der Waals surface area contributed by atoms with E-state index in [9.17, 15) is 0 Å². The maximum Gasteiger partial charge on any atom is 0.127 e. The summed E-state index contributed by atoms with van der Waals surface area (Å²) in [4.78, 5) is 0. The number of hydrogen-bond donors (Lipinski definition) is 0. The molecule has 0 fully saturated rings. The molecule has 0 aromatic rings. The Morgan fingerprint density at radius 2 is 2.15 bits per heavy atom.